The molecule has 4 N–H and O–H groups in total. The summed E-state index contributed by atoms with van der Waals surface area (Å²) in [6.07, 6.45) is 1.55. The molecular weight excluding hydrogens is 464 g/mol. The smallest absolute Gasteiger partial charge is 0.253 e. The second-order valence-corrected chi connectivity index (χ2v) is 8.27. The predicted molar refractivity (Wildman–Crippen MR) is 142 cm³/mol. The Labute approximate surface area is 214 Å². The number of carbonyl (C=O) groups is 2. The third kappa shape index (κ3) is 12.7. The normalized spacial score (nSPS) is 10.8. The monoisotopic (exact) mass is 507 g/mol. The van der Waals surface area contributed by atoms with Gasteiger partial charge in [-0.15, -0.1) is 0 Å². The van der Waals surface area contributed by atoms with E-state index in [0.29, 0.717) is 42.7 Å². The third-order valence-electron chi connectivity index (χ3n) is 4.87. The van der Waals surface area contributed by atoms with Crippen LogP contribution in [0.2, 0.25) is 0 Å². The quantitative estimate of drug-likeness (QED) is 0.422. The first-order chi connectivity index (χ1) is 17.1. The second kappa shape index (κ2) is 18.4. The summed E-state index contributed by atoms with van der Waals surface area (Å²) >= 11 is 0. The van der Waals surface area contributed by atoms with Crippen LogP contribution in [0.4, 0.5) is 8.78 Å². The van der Waals surface area contributed by atoms with Crippen LogP contribution in [-0.2, 0) is 0 Å². The molecule has 8 heteroatoms. The molecule has 0 saturated carbocycles. The predicted octanol–water partition coefficient (Wildman–Crippen LogP) is 5.00. The zero-order chi connectivity index (χ0) is 27.7. The van der Waals surface area contributed by atoms with Crippen molar-refractivity contribution in [3.05, 3.63) is 70.3 Å². The summed E-state index contributed by atoms with van der Waals surface area (Å²) in [5.74, 6) is -1.39. The molecule has 0 radical (unpaired) electrons. The van der Waals surface area contributed by atoms with E-state index in [1.54, 1.807) is 25.1 Å². The molecule has 6 nitrogen and oxygen atoms in total. The summed E-state index contributed by atoms with van der Waals surface area (Å²) in [5.41, 5.74) is 7.79. The highest BCUT2D eigenvalue weighted by Gasteiger charge is 2.17. The summed E-state index contributed by atoms with van der Waals surface area (Å²) in [4.78, 5) is 26.9. The molecule has 1 unspecified atom stereocenters. The van der Waals surface area contributed by atoms with Gasteiger partial charge in [-0.2, -0.15) is 0 Å². The van der Waals surface area contributed by atoms with Crippen LogP contribution in [0, 0.1) is 25.5 Å². The van der Waals surface area contributed by atoms with Crippen LogP contribution in [0.3, 0.4) is 0 Å². The zero-order valence-electron chi connectivity index (χ0n) is 22.5. The number of benzene rings is 2. The van der Waals surface area contributed by atoms with E-state index in [-0.39, 0.29) is 18.4 Å². The van der Waals surface area contributed by atoms with Crippen molar-refractivity contribution < 1.29 is 23.5 Å². The van der Waals surface area contributed by atoms with E-state index in [2.05, 4.69) is 5.32 Å². The number of aliphatic hydroxyl groups excluding tert-OH is 1. The van der Waals surface area contributed by atoms with Crippen LogP contribution in [0.15, 0.2) is 36.4 Å². The lowest BCUT2D eigenvalue weighted by Crippen LogP contribution is -2.34. The van der Waals surface area contributed by atoms with E-state index in [4.69, 9.17) is 5.73 Å². The molecule has 2 amide bonds. The maximum absolute atomic E-state index is 12.7. The maximum atomic E-state index is 12.7. The number of halogens is 2. The van der Waals surface area contributed by atoms with Gasteiger partial charge in [0, 0.05) is 36.8 Å². The fraction of sp³-hybridized carbons (Fsp3) is 0.500. The van der Waals surface area contributed by atoms with Gasteiger partial charge in [0.05, 0.1) is 6.10 Å². The van der Waals surface area contributed by atoms with Gasteiger partial charge >= 0.3 is 0 Å². The van der Waals surface area contributed by atoms with Crippen molar-refractivity contribution in [1.29, 1.82) is 0 Å². The number of amides is 2. The summed E-state index contributed by atoms with van der Waals surface area (Å²) in [5, 5.41) is 12.4. The van der Waals surface area contributed by atoms with E-state index in [1.165, 1.54) is 12.1 Å². The van der Waals surface area contributed by atoms with Crippen molar-refractivity contribution >= 4 is 11.8 Å². The van der Waals surface area contributed by atoms with Gasteiger partial charge < -0.3 is 21.1 Å². The van der Waals surface area contributed by atoms with Gasteiger partial charge in [0.2, 0.25) is 0 Å². The summed E-state index contributed by atoms with van der Waals surface area (Å²) in [6.45, 7) is 13.5. The van der Waals surface area contributed by atoms with Crippen LogP contribution < -0.4 is 11.1 Å². The largest absolute Gasteiger partial charge is 0.391 e. The van der Waals surface area contributed by atoms with Crippen molar-refractivity contribution in [2.24, 2.45) is 5.73 Å². The average Bonchev–Trinajstić information content (AvgIpc) is 2.82. The van der Waals surface area contributed by atoms with Crippen molar-refractivity contribution in [3.8, 4) is 0 Å². The molecule has 0 aliphatic rings. The number of rotatable bonds is 10. The van der Waals surface area contributed by atoms with E-state index >= 15 is 0 Å². The minimum absolute atomic E-state index is 0.0513. The first-order valence-electron chi connectivity index (χ1n) is 12.6. The Hall–Kier alpha value is -2.84. The highest BCUT2D eigenvalue weighted by molar-refractivity contribution is 6.00. The van der Waals surface area contributed by atoms with Crippen molar-refractivity contribution in [2.75, 3.05) is 26.2 Å². The molecule has 2 aromatic carbocycles. The van der Waals surface area contributed by atoms with Gasteiger partial charge in [-0.3, -0.25) is 9.59 Å². The summed E-state index contributed by atoms with van der Waals surface area (Å²) in [6, 6.07) is 8.59. The molecule has 0 spiro atoms. The number of aryl methyl sites for hydroxylation is 2. The molecule has 2 rings (SSSR count). The Kier molecular flexibility index (Phi) is 17.0. The minimum atomic E-state index is -0.663. The lowest BCUT2D eigenvalue weighted by atomic mass is 10.0. The van der Waals surface area contributed by atoms with Gasteiger partial charge in [-0.25, -0.2) is 8.78 Å². The fourth-order valence-corrected chi connectivity index (χ4v) is 3.37. The molecule has 36 heavy (non-hydrogen) atoms. The molecule has 0 heterocycles. The molecule has 0 fully saturated rings. The number of nitrogens with zero attached hydrogens (tertiary/aromatic N) is 1. The molecule has 1 atom stereocenters. The Morgan fingerprint density at radius 3 is 1.89 bits per heavy atom. The lowest BCUT2D eigenvalue weighted by Gasteiger charge is -2.22. The molecule has 2 aromatic rings. The van der Waals surface area contributed by atoms with Crippen LogP contribution in [0.1, 0.15) is 78.8 Å². The van der Waals surface area contributed by atoms with Crippen molar-refractivity contribution in [1.82, 2.24) is 10.2 Å². The van der Waals surface area contributed by atoms with Gasteiger partial charge in [0.1, 0.15) is 11.6 Å². The zero-order valence-corrected chi connectivity index (χ0v) is 22.5. The number of hydrogen-bond acceptors (Lipinski definition) is 4. The first kappa shape index (κ1) is 33.2. The highest BCUT2D eigenvalue weighted by Crippen LogP contribution is 2.13. The van der Waals surface area contributed by atoms with E-state index in [9.17, 15) is 23.5 Å². The van der Waals surface area contributed by atoms with Crippen molar-refractivity contribution in [3.63, 3.8) is 0 Å². The molecule has 202 valence electrons. The van der Waals surface area contributed by atoms with Crippen molar-refractivity contribution in [2.45, 2.75) is 66.9 Å². The molecule has 0 aliphatic heterocycles. The number of aliphatic hydroxyl groups is 1. The Morgan fingerprint density at radius 2 is 1.42 bits per heavy atom. The van der Waals surface area contributed by atoms with E-state index in [0.717, 1.165) is 24.5 Å². The van der Waals surface area contributed by atoms with Gasteiger partial charge in [-0.1, -0.05) is 27.7 Å². The number of hydrogen-bond donors (Lipinski definition) is 3. The molecule has 0 aliphatic carbocycles. The molecule has 0 aromatic heterocycles. The maximum Gasteiger partial charge on any atom is 0.253 e. The second-order valence-electron chi connectivity index (χ2n) is 8.27. The lowest BCUT2D eigenvalue weighted by molar-refractivity contribution is 0.0755. The van der Waals surface area contributed by atoms with E-state index < -0.39 is 17.7 Å². The van der Waals surface area contributed by atoms with Crippen LogP contribution in [0.25, 0.3) is 0 Å². The third-order valence-corrected chi connectivity index (χ3v) is 4.87. The Morgan fingerprint density at radius 1 is 0.917 bits per heavy atom. The van der Waals surface area contributed by atoms with Gasteiger partial charge in [-0.05, 0) is 81.1 Å². The number of carbonyl (C=O) groups excluding carboxylic acids is 2. The molecular formula is C28H43F2N3O3. The number of nitrogens with two attached hydrogens (primary N) is 1. The van der Waals surface area contributed by atoms with E-state index in [1.807, 2.05) is 39.5 Å². The Bertz CT molecular complexity index is 882. The van der Waals surface area contributed by atoms with Gasteiger partial charge in [0.25, 0.3) is 11.8 Å². The fourth-order valence-electron chi connectivity index (χ4n) is 3.37. The number of nitrogens with one attached hydrogen (secondary N) is 1. The minimum Gasteiger partial charge on any atom is -0.391 e. The first-order valence-corrected chi connectivity index (χ1v) is 12.6. The summed E-state index contributed by atoms with van der Waals surface area (Å²) < 4.78 is 24.4. The SMILES string of the molecule is CC.CCCN(CCC)C(=O)c1cc(C)cc(C(=O)NCC(O)CCN)c1.Cc1cc(F)cc(F)c1. The highest BCUT2D eigenvalue weighted by atomic mass is 19.1. The molecule has 0 bridgehead atoms. The van der Waals surface area contributed by atoms with Crippen LogP contribution in [-0.4, -0.2) is 54.1 Å². The standard InChI is InChI=1S/C19H31N3O3.C7H6F2.C2H6/c1-4-8-22(9-5-2)19(25)16-11-14(3)10-15(12-16)18(24)21-13-17(23)6-7-20;1-5-2-6(8)4-7(9)3-5;1-2/h10-12,17,23H,4-9,13,20H2,1-3H3,(H,21,24);2-4H,1H3;1-2H3. The topological polar surface area (TPSA) is 95.7 Å². The molecule has 0 saturated heterocycles. The Balaban J connectivity index is 0.000000922. The van der Waals surface area contributed by atoms with Crippen LogP contribution >= 0.6 is 0 Å². The average molecular weight is 508 g/mol. The summed E-state index contributed by atoms with van der Waals surface area (Å²) in [7, 11) is 0. The van der Waals surface area contributed by atoms with Crippen LogP contribution in [0.5, 0.6) is 0 Å². The van der Waals surface area contributed by atoms with Gasteiger partial charge in [0.15, 0.2) is 0 Å².